The average molecular weight is 617 g/mol. The van der Waals surface area contributed by atoms with Gasteiger partial charge in [-0.1, -0.05) is 58.4 Å². The van der Waals surface area contributed by atoms with Crippen LogP contribution in [0.5, 0.6) is 0 Å². The fourth-order valence-electron chi connectivity index (χ4n) is 11.8. The third-order valence-electron chi connectivity index (χ3n) is 14.2. The number of carboxylic acid groups (broad SMARTS) is 1. The predicted molar refractivity (Wildman–Crippen MR) is 180 cm³/mol. The highest BCUT2D eigenvalue weighted by molar-refractivity contribution is 5.88. The standard InChI is InChI=1S/C39H56N2O4/c1-35(2)28(26-10-12-27(13-11-26)34(43)44)16-19-36(3)31(35)17-20-38(5)32(36)15-14-29-30-9-8-18-39(30,22-21-37(29,38)4)40-33(42)25-41(6)23-24-45-7/h10-13,16,31-32H,8-9,14-15,17-25H2,1-7H3,(H,40,42)(H,43,44)/t31?,32?,36-,37+,38+,39-/m0/s1. The van der Waals surface area contributed by atoms with Gasteiger partial charge in [0.2, 0.25) is 5.91 Å². The summed E-state index contributed by atoms with van der Waals surface area (Å²) < 4.78 is 5.22. The van der Waals surface area contributed by atoms with Crippen molar-refractivity contribution in [2.45, 2.75) is 104 Å². The molecule has 3 saturated carbocycles. The Hall–Kier alpha value is -2.44. The number of carbonyl (C=O) groups excluding carboxylic acids is 1. The second-order valence-corrected chi connectivity index (χ2v) is 16.5. The summed E-state index contributed by atoms with van der Waals surface area (Å²) in [6.07, 6.45) is 14.0. The Kier molecular flexibility index (Phi) is 8.21. The van der Waals surface area contributed by atoms with Gasteiger partial charge in [0.1, 0.15) is 0 Å². The van der Waals surface area contributed by atoms with Crippen LogP contribution >= 0.6 is 0 Å². The number of nitrogens with one attached hydrogen (secondary N) is 1. The minimum atomic E-state index is -0.872. The topological polar surface area (TPSA) is 78.9 Å². The SMILES string of the molecule is COCCN(C)CC(=O)N[C@]12CCCC1=C1CCC3[C@@]4(C)CC=C(c5ccc(C(=O)O)cc5)C(C)(C)C4CC[C@@]3(C)[C@]1(C)CC2. The van der Waals surface area contributed by atoms with Crippen molar-refractivity contribution in [3.8, 4) is 0 Å². The van der Waals surface area contributed by atoms with Crippen LogP contribution in [0.3, 0.4) is 0 Å². The van der Waals surface area contributed by atoms with E-state index in [1.807, 2.05) is 19.2 Å². The van der Waals surface area contributed by atoms with Crippen LogP contribution in [-0.4, -0.2) is 61.3 Å². The number of benzene rings is 1. The smallest absolute Gasteiger partial charge is 0.335 e. The molecule has 2 unspecified atom stereocenters. The molecule has 5 aliphatic rings. The first-order valence-corrected chi connectivity index (χ1v) is 17.5. The number of nitrogens with zero attached hydrogens (tertiary/aromatic N) is 1. The van der Waals surface area contributed by atoms with E-state index >= 15 is 0 Å². The Morgan fingerprint density at radius 2 is 1.69 bits per heavy atom. The molecule has 1 aromatic rings. The molecule has 0 heterocycles. The van der Waals surface area contributed by atoms with Crippen molar-refractivity contribution in [3.63, 3.8) is 0 Å². The molecule has 45 heavy (non-hydrogen) atoms. The molecule has 246 valence electrons. The minimum Gasteiger partial charge on any atom is -0.478 e. The summed E-state index contributed by atoms with van der Waals surface area (Å²) in [7, 11) is 3.71. The van der Waals surface area contributed by atoms with Gasteiger partial charge < -0.3 is 15.2 Å². The fourth-order valence-corrected chi connectivity index (χ4v) is 11.8. The van der Waals surface area contributed by atoms with Gasteiger partial charge in [0.05, 0.1) is 24.3 Å². The van der Waals surface area contributed by atoms with Gasteiger partial charge in [-0.05, 0) is 134 Å². The molecule has 6 heteroatoms. The van der Waals surface area contributed by atoms with Crippen LogP contribution in [0.15, 0.2) is 41.5 Å². The van der Waals surface area contributed by atoms with Crippen LogP contribution < -0.4 is 5.32 Å². The number of methoxy groups -OCH3 is 1. The third-order valence-corrected chi connectivity index (χ3v) is 14.2. The van der Waals surface area contributed by atoms with Crippen molar-refractivity contribution < 1.29 is 19.4 Å². The van der Waals surface area contributed by atoms with Gasteiger partial charge in [0.25, 0.3) is 0 Å². The van der Waals surface area contributed by atoms with Crippen LogP contribution in [0.2, 0.25) is 0 Å². The molecule has 0 bridgehead atoms. The van der Waals surface area contributed by atoms with E-state index in [9.17, 15) is 14.7 Å². The third kappa shape index (κ3) is 4.96. The Balaban J connectivity index is 1.29. The Bertz CT molecular complexity index is 1410. The average Bonchev–Trinajstić information content (AvgIpc) is 3.39. The van der Waals surface area contributed by atoms with Gasteiger partial charge in [0.15, 0.2) is 0 Å². The van der Waals surface area contributed by atoms with Crippen LogP contribution in [0.25, 0.3) is 5.57 Å². The summed E-state index contributed by atoms with van der Waals surface area (Å²) in [6, 6.07) is 7.54. The fraction of sp³-hybridized carbons (Fsp3) is 0.692. The Labute approximate surface area is 271 Å². The second kappa shape index (κ2) is 11.4. The zero-order valence-electron chi connectivity index (χ0n) is 28.9. The number of amides is 1. The second-order valence-electron chi connectivity index (χ2n) is 16.5. The number of aromatic carboxylic acids is 1. The van der Waals surface area contributed by atoms with Crippen molar-refractivity contribution in [3.05, 3.63) is 52.6 Å². The first kappa shape index (κ1) is 32.5. The number of hydrogen-bond acceptors (Lipinski definition) is 4. The Morgan fingerprint density at radius 1 is 0.956 bits per heavy atom. The van der Waals surface area contributed by atoms with Crippen LogP contribution in [0.4, 0.5) is 0 Å². The molecule has 6 atom stereocenters. The van der Waals surface area contributed by atoms with Crippen molar-refractivity contribution in [2.24, 2.45) is 33.5 Å². The van der Waals surface area contributed by atoms with Gasteiger partial charge in [0, 0.05) is 13.7 Å². The number of fused-ring (bicyclic) bond motifs is 6. The van der Waals surface area contributed by atoms with E-state index in [0.717, 1.165) is 45.1 Å². The monoisotopic (exact) mass is 616 g/mol. The molecule has 2 N–H and O–H groups in total. The van der Waals surface area contributed by atoms with E-state index in [0.29, 0.717) is 30.6 Å². The molecule has 6 nitrogen and oxygen atoms in total. The maximum atomic E-state index is 13.3. The van der Waals surface area contributed by atoms with Gasteiger partial charge in [-0.2, -0.15) is 0 Å². The molecule has 0 radical (unpaired) electrons. The van der Waals surface area contributed by atoms with Gasteiger partial charge in [-0.15, -0.1) is 0 Å². The lowest BCUT2D eigenvalue weighted by atomic mass is 9.35. The first-order chi connectivity index (χ1) is 21.2. The normalized spacial score (nSPS) is 36.8. The van der Waals surface area contributed by atoms with Crippen molar-refractivity contribution in [2.75, 3.05) is 33.9 Å². The number of carbonyl (C=O) groups is 2. The summed E-state index contributed by atoms with van der Waals surface area (Å²) in [5.41, 5.74) is 6.64. The molecular formula is C39H56N2O4. The van der Waals surface area contributed by atoms with E-state index in [1.54, 1.807) is 30.4 Å². The van der Waals surface area contributed by atoms with Crippen molar-refractivity contribution in [1.29, 1.82) is 0 Å². The van der Waals surface area contributed by atoms with E-state index in [-0.39, 0.29) is 33.1 Å². The molecule has 5 aliphatic carbocycles. The molecule has 1 amide bonds. The summed E-state index contributed by atoms with van der Waals surface area (Å²) in [4.78, 5) is 26.9. The summed E-state index contributed by atoms with van der Waals surface area (Å²) in [5.74, 6) is 0.490. The summed E-state index contributed by atoms with van der Waals surface area (Å²) >= 11 is 0. The number of allylic oxidation sites excluding steroid dienone is 3. The number of ether oxygens (including phenoxy) is 1. The zero-order chi connectivity index (χ0) is 32.4. The minimum absolute atomic E-state index is 0.00653. The maximum Gasteiger partial charge on any atom is 0.335 e. The highest BCUT2D eigenvalue weighted by Gasteiger charge is 2.67. The highest BCUT2D eigenvalue weighted by atomic mass is 16.5. The zero-order valence-corrected chi connectivity index (χ0v) is 28.9. The molecule has 0 spiro atoms. The quantitative estimate of drug-likeness (QED) is 0.292. The maximum absolute atomic E-state index is 13.3. The largest absolute Gasteiger partial charge is 0.478 e. The molecule has 0 aromatic heterocycles. The van der Waals surface area contributed by atoms with Crippen LogP contribution in [0.1, 0.15) is 115 Å². The lowest BCUT2D eigenvalue weighted by Gasteiger charge is -2.70. The molecule has 0 aliphatic heterocycles. The number of carboxylic acids is 1. The predicted octanol–water partition coefficient (Wildman–Crippen LogP) is 7.74. The van der Waals surface area contributed by atoms with E-state index in [1.165, 1.54) is 36.8 Å². The van der Waals surface area contributed by atoms with Crippen molar-refractivity contribution >= 4 is 17.4 Å². The van der Waals surface area contributed by atoms with Crippen molar-refractivity contribution in [1.82, 2.24) is 10.2 Å². The van der Waals surface area contributed by atoms with E-state index in [4.69, 9.17) is 4.74 Å². The van der Waals surface area contributed by atoms with Gasteiger partial charge in [-0.25, -0.2) is 4.79 Å². The molecule has 1 aromatic carbocycles. The first-order valence-electron chi connectivity index (χ1n) is 17.5. The lowest BCUT2D eigenvalue weighted by Crippen LogP contribution is -2.63. The Morgan fingerprint density at radius 3 is 2.38 bits per heavy atom. The highest BCUT2D eigenvalue weighted by Crippen LogP contribution is 2.75. The summed E-state index contributed by atoms with van der Waals surface area (Å²) in [6.45, 7) is 14.5. The number of rotatable bonds is 8. The molecule has 0 saturated heterocycles. The summed E-state index contributed by atoms with van der Waals surface area (Å²) in [5, 5.41) is 13.0. The van der Waals surface area contributed by atoms with Crippen LogP contribution in [-0.2, 0) is 9.53 Å². The van der Waals surface area contributed by atoms with E-state index in [2.05, 4.69) is 50.9 Å². The number of likely N-dealkylation sites (N-methyl/N-ethyl adjacent to an activating group) is 1. The molecule has 3 fully saturated rings. The number of hydrogen-bond donors (Lipinski definition) is 2. The lowest BCUT2D eigenvalue weighted by molar-refractivity contribution is -0.155. The van der Waals surface area contributed by atoms with E-state index < -0.39 is 5.97 Å². The van der Waals surface area contributed by atoms with Gasteiger partial charge in [-0.3, -0.25) is 9.69 Å². The molecular weight excluding hydrogens is 560 g/mol. The molecule has 6 rings (SSSR count). The van der Waals surface area contributed by atoms with Crippen LogP contribution in [0, 0.1) is 33.5 Å². The van der Waals surface area contributed by atoms with Gasteiger partial charge >= 0.3 is 5.97 Å².